The van der Waals surface area contributed by atoms with Gasteiger partial charge in [-0.2, -0.15) is 0 Å². The summed E-state index contributed by atoms with van der Waals surface area (Å²) in [6, 6.07) is 5.16. The average molecular weight is 236 g/mol. The predicted octanol–water partition coefficient (Wildman–Crippen LogP) is 2.52. The molecule has 94 valence electrons. The molecule has 1 atom stereocenters. The highest BCUT2D eigenvalue weighted by molar-refractivity contribution is 5.24. The van der Waals surface area contributed by atoms with E-state index in [1.807, 2.05) is 6.07 Å². The Balaban J connectivity index is 2.01. The molecule has 0 aromatic heterocycles. The fourth-order valence-electron chi connectivity index (χ4n) is 2.57. The first-order valence-corrected chi connectivity index (χ1v) is 6.42. The van der Waals surface area contributed by atoms with Crippen LogP contribution in [0.4, 0.5) is 4.39 Å². The molecule has 0 amide bonds. The minimum Gasteiger partial charge on any atom is -0.326 e. The second-order valence-corrected chi connectivity index (χ2v) is 4.97. The van der Waals surface area contributed by atoms with Crippen LogP contribution in [0, 0.1) is 11.7 Å². The van der Waals surface area contributed by atoms with Crippen LogP contribution in [0.25, 0.3) is 0 Å². The molecule has 1 saturated heterocycles. The molecule has 17 heavy (non-hydrogen) atoms. The molecule has 1 aromatic carbocycles. The molecule has 0 bridgehead atoms. The molecule has 0 saturated carbocycles. The number of nitrogens with zero attached hydrogens (tertiary/aromatic N) is 1. The third kappa shape index (κ3) is 3.27. The topological polar surface area (TPSA) is 29.3 Å². The normalized spacial score (nSPS) is 21.0. The quantitative estimate of drug-likeness (QED) is 0.870. The van der Waals surface area contributed by atoms with Crippen LogP contribution in [0.2, 0.25) is 0 Å². The predicted molar refractivity (Wildman–Crippen MR) is 68.0 cm³/mol. The van der Waals surface area contributed by atoms with Crippen LogP contribution in [-0.2, 0) is 13.1 Å². The Kier molecular flexibility index (Phi) is 4.13. The molecule has 0 spiro atoms. The molecule has 1 fully saturated rings. The van der Waals surface area contributed by atoms with Gasteiger partial charge in [-0.05, 0) is 42.1 Å². The highest BCUT2D eigenvalue weighted by atomic mass is 19.1. The van der Waals surface area contributed by atoms with E-state index < -0.39 is 0 Å². The minimum atomic E-state index is -0.172. The highest BCUT2D eigenvalue weighted by Crippen LogP contribution is 2.21. The zero-order valence-corrected chi connectivity index (χ0v) is 10.5. The molecular weight excluding hydrogens is 215 g/mol. The van der Waals surface area contributed by atoms with E-state index >= 15 is 0 Å². The standard InChI is InChI=1S/C14H21FN2/c1-2-11-3-4-17(9-11)10-13-5-12(8-16)6-14(15)7-13/h5-7,11H,2-4,8-10,16H2,1H3. The second kappa shape index (κ2) is 5.61. The number of halogens is 1. The summed E-state index contributed by atoms with van der Waals surface area (Å²) >= 11 is 0. The number of hydrogen-bond acceptors (Lipinski definition) is 2. The fraction of sp³-hybridized carbons (Fsp3) is 0.571. The van der Waals surface area contributed by atoms with E-state index in [1.54, 1.807) is 6.07 Å². The van der Waals surface area contributed by atoms with Gasteiger partial charge in [-0.25, -0.2) is 4.39 Å². The Hall–Kier alpha value is -0.930. The van der Waals surface area contributed by atoms with Gasteiger partial charge in [-0.3, -0.25) is 4.90 Å². The van der Waals surface area contributed by atoms with Gasteiger partial charge in [-0.1, -0.05) is 19.4 Å². The van der Waals surface area contributed by atoms with Crippen molar-refractivity contribution in [2.75, 3.05) is 13.1 Å². The van der Waals surface area contributed by atoms with Crippen molar-refractivity contribution in [1.29, 1.82) is 0 Å². The van der Waals surface area contributed by atoms with Crippen molar-refractivity contribution in [2.24, 2.45) is 11.7 Å². The number of hydrogen-bond donors (Lipinski definition) is 1. The van der Waals surface area contributed by atoms with Crippen LogP contribution < -0.4 is 5.73 Å². The van der Waals surface area contributed by atoms with Gasteiger partial charge in [-0.15, -0.1) is 0 Å². The molecule has 1 unspecified atom stereocenters. The maximum absolute atomic E-state index is 13.4. The van der Waals surface area contributed by atoms with E-state index in [0.717, 1.165) is 36.7 Å². The summed E-state index contributed by atoms with van der Waals surface area (Å²) in [5, 5.41) is 0. The van der Waals surface area contributed by atoms with Gasteiger partial charge in [0, 0.05) is 19.6 Å². The summed E-state index contributed by atoms with van der Waals surface area (Å²) in [5.41, 5.74) is 7.48. The van der Waals surface area contributed by atoms with Crippen molar-refractivity contribution in [3.05, 3.63) is 35.1 Å². The van der Waals surface area contributed by atoms with Gasteiger partial charge in [0.1, 0.15) is 5.82 Å². The van der Waals surface area contributed by atoms with Crippen molar-refractivity contribution in [1.82, 2.24) is 4.90 Å². The summed E-state index contributed by atoms with van der Waals surface area (Å²) in [4.78, 5) is 2.41. The lowest BCUT2D eigenvalue weighted by Crippen LogP contribution is -2.20. The third-order valence-electron chi connectivity index (χ3n) is 3.61. The number of benzene rings is 1. The zero-order valence-electron chi connectivity index (χ0n) is 10.5. The van der Waals surface area contributed by atoms with E-state index in [1.165, 1.54) is 18.9 Å². The Morgan fingerprint density at radius 3 is 2.76 bits per heavy atom. The summed E-state index contributed by atoms with van der Waals surface area (Å²) in [7, 11) is 0. The smallest absolute Gasteiger partial charge is 0.123 e. The average Bonchev–Trinajstić information content (AvgIpc) is 2.76. The van der Waals surface area contributed by atoms with E-state index in [9.17, 15) is 4.39 Å². The SMILES string of the molecule is CCC1CCN(Cc2cc(F)cc(CN)c2)C1. The van der Waals surface area contributed by atoms with Crippen molar-refractivity contribution in [3.63, 3.8) is 0 Å². The van der Waals surface area contributed by atoms with Gasteiger partial charge in [0.15, 0.2) is 0 Å². The Bertz CT molecular complexity index is 378. The lowest BCUT2D eigenvalue weighted by Gasteiger charge is -2.16. The van der Waals surface area contributed by atoms with E-state index in [-0.39, 0.29) is 5.82 Å². The van der Waals surface area contributed by atoms with Crippen LogP contribution in [0.5, 0.6) is 0 Å². The van der Waals surface area contributed by atoms with Crippen molar-refractivity contribution in [2.45, 2.75) is 32.9 Å². The van der Waals surface area contributed by atoms with Gasteiger partial charge in [0.25, 0.3) is 0 Å². The lowest BCUT2D eigenvalue weighted by atomic mass is 10.1. The zero-order chi connectivity index (χ0) is 12.3. The molecule has 2 nitrogen and oxygen atoms in total. The summed E-state index contributed by atoms with van der Waals surface area (Å²) in [6.45, 7) is 5.77. The molecule has 2 rings (SSSR count). The van der Waals surface area contributed by atoms with E-state index in [2.05, 4.69) is 11.8 Å². The van der Waals surface area contributed by atoms with Crippen LogP contribution in [0.1, 0.15) is 30.9 Å². The van der Waals surface area contributed by atoms with Gasteiger partial charge in [0.2, 0.25) is 0 Å². The Morgan fingerprint density at radius 1 is 1.35 bits per heavy atom. The fourth-order valence-corrected chi connectivity index (χ4v) is 2.57. The van der Waals surface area contributed by atoms with Crippen molar-refractivity contribution in [3.8, 4) is 0 Å². The first-order valence-electron chi connectivity index (χ1n) is 6.42. The first-order chi connectivity index (χ1) is 8.21. The van der Waals surface area contributed by atoms with Crippen molar-refractivity contribution >= 4 is 0 Å². The molecule has 1 aliphatic heterocycles. The molecule has 1 aliphatic rings. The number of likely N-dealkylation sites (tertiary alicyclic amines) is 1. The third-order valence-corrected chi connectivity index (χ3v) is 3.61. The van der Waals surface area contributed by atoms with E-state index in [4.69, 9.17) is 5.73 Å². The summed E-state index contributed by atoms with van der Waals surface area (Å²) in [5.74, 6) is 0.645. The maximum atomic E-state index is 13.4. The highest BCUT2D eigenvalue weighted by Gasteiger charge is 2.20. The Morgan fingerprint density at radius 2 is 2.12 bits per heavy atom. The van der Waals surface area contributed by atoms with Crippen molar-refractivity contribution < 1.29 is 4.39 Å². The molecule has 1 heterocycles. The molecule has 3 heteroatoms. The summed E-state index contributed by atoms with van der Waals surface area (Å²) < 4.78 is 13.4. The minimum absolute atomic E-state index is 0.172. The maximum Gasteiger partial charge on any atom is 0.123 e. The number of nitrogens with two attached hydrogens (primary N) is 1. The van der Waals surface area contributed by atoms with E-state index in [0.29, 0.717) is 6.54 Å². The monoisotopic (exact) mass is 236 g/mol. The Labute approximate surface area is 103 Å². The van der Waals surface area contributed by atoms with Crippen LogP contribution in [0.3, 0.4) is 0 Å². The van der Waals surface area contributed by atoms with Gasteiger partial charge in [0.05, 0.1) is 0 Å². The molecule has 0 aliphatic carbocycles. The van der Waals surface area contributed by atoms with Crippen LogP contribution >= 0.6 is 0 Å². The molecule has 1 aromatic rings. The molecular formula is C14H21FN2. The van der Waals surface area contributed by atoms with Gasteiger partial charge >= 0.3 is 0 Å². The number of rotatable bonds is 4. The van der Waals surface area contributed by atoms with Gasteiger partial charge < -0.3 is 5.73 Å². The van der Waals surface area contributed by atoms with Crippen LogP contribution in [-0.4, -0.2) is 18.0 Å². The lowest BCUT2D eigenvalue weighted by molar-refractivity contribution is 0.314. The second-order valence-electron chi connectivity index (χ2n) is 4.97. The first kappa shape index (κ1) is 12.5. The molecule has 0 radical (unpaired) electrons. The molecule has 2 N–H and O–H groups in total. The van der Waals surface area contributed by atoms with Crippen LogP contribution in [0.15, 0.2) is 18.2 Å². The largest absolute Gasteiger partial charge is 0.326 e. The summed E-state index contributed by atoms with van der Waals surface area (Å²) in [6.07, 6.45) is 2.52.